The van der Waals surface area contributed by atoms with E-state index in [1.54, 1.807) is 0 Å². The molecular weight excluding hydrogens is 612 g/mol. The van der Waals surface area contributed by atoms with Crippen LogP contribution < -0.4 is 0 Å². The summed E-state index contributed by atoms with van der Waals surface area (Å²) < 4.78 is 60.2. The van der Waals surface area contributed by atoms with E-state index in [1.807, 2.05) is 37.3 Å². The molecule has 0 aliphatic carbocycles. The molecule has 12 nitrogen and oxygen atoms in total. The monoisotopic (exact) mass is 674 g/mol. The first kappa shape index (κ1) is 43.3. The fraction of sp³-hybridized carbons (Fsp3) is 0.800. The molecule has 0 saturated carbocycles. The van der Waals surface area contributed by atoms with E-state index in [9.17, 15) is 4.79 Å². The zero-order chi connectivity index (χ0) is 33.7. The van der Waals surface area contributed by atoms with E-state index in [-0.39, 0.29) is 18.5 Å². The topological polar surface area (TPSA) is 119 Å². The molecule has 0 N–H and O–H groups in total. The van der Waals surface area contributed by atoms with Crippen LogP contribution in [0.25, 0.3) is 0 Å². The van der Waals surface area contributed by atoms with E-state index in [0.29, 0.717) is 132 Å². The van der Waals surface area contributed by atoms with Crippen LogP contribution in [-0.2, 0) is 63.5 Å². The summed E-state index contributed by atoms with van der Waals surface area (Å²) in [4.78, 5) is 12.0. The molecule has 12 heteroatoms. The highest BCUT2D eigenvalue weighted by Crippen LogP contribution is 2.14. The van der Waals surface area contributed by atoms with Crippen LogP contribution in [0.2, 0.25) is 0 Å². The van der Waals surface area contributed by atoms with Gasteiger partial charge in [-0.25, -0.2) is 0 Å². The van der Waals surface area contributed by atoms with Gasteiger partial charge >= 0.3 is 5.97 Å². The van der Waals surface area contributed by atoms with Crippen LogP contribution in [0.4, 0.5) is 0 Å². The summed E-state index contributed by atoms with van der Waals surface area (Å²) in [6.07, 6.45) is 3.84. The first-order valence-corrected chi connectivity index (χ1v) is 17.3. The normalized spacial score (nSPS) is 12.0. The van der Waals surface area contributed by atoms with Gasteiger partial charge in [0.15, 0.2) is 0 Å². The third-order valence-corrected chi connectivity index (χ3v) is 6.66. The van der Waals surface area contributed by atoms with Crippen molar-refractivity contribution in [3.05, 3.63) is 35.9 Å². The third-order valence-electron chi connectivity index (χ3n) is 6.66. The molecule has 1 atom stereocenters. The Labute approximate surface area is 282 Å². The van der Waals surface area contributed by atoms with Crippen molar-refractivity contribution in [3.8, 4) is 0 Å². The standard InChI is InChI=1S/C35H62O12/c1-3-5-11-34(4-2)35(36)47-31-30-45-27-26-43-23-22-41-19-18-39-15-14-37-12-13-38-16-17-40-20-21-42-24-25-44-28-29-46-32-33-9-7-6-8-10-33/h6-10,34H,3-5,11-32H2,1-2H3. The first-order valence-electron chi connectivity index (χ1n) is 17.3. The van der Waals surface area contributed by atoms with Crippen LogP contribution in [-0.4, -0.2) is 138 Å². The fourth-order valence-electron chi connectivity index (χ4n) is 4.00. The highest BCUT2D eigenvalue weighted by Gasteiger charge is 2.16. The Kier molecular flexibility index (Phi) is 32.8. The maximum Gasteiger partial charge on any atom is 0.308 e. The maximum atomic E-state index is 12.0. The molecule has 0 spiro atoms. The van der Waals surface area contributed by atoms with E-state index in [1.165, 1.54) is 0 Å². The molecule has 47 heavy (non-hydrogen) atoms. The van der Waals surface area contributed by atoms with Gasteiger partial charge in [-0.2, -0.15) is 0 Å². The molecule has 1 aromatic rings. The quantitative estimate of drug-likeness (QED) is 0.0747. The van der Waals surface area contributed by atoms with Crippen molar-refractivity contribution < 1.29 is 56.9 Å². The predicted molar refractivity (Wildman–Crippen MR) is 178 cm³/mol. The molecule has 0 bridgehead atoms. The van der Waals surface area contributed by atoms with Crippen molar-refractivity contribution in [1.82, 2.24) is 0 Å². The summed E-state index contributed by atoms with van der Waals surface area (Å²) in [6.45, 7) is 14.5. The minimum absolute atomic E-state index is 0.00260. The van der Waals surface area contributed by atoms with Crippen molar-refractivity contribution >= 4 is 5.97 Å². The molecule has 1 rings (SSSR count). The second-order valence-electron chi connectivity index (χ2n) is 10.5. The Hall–Kier alpha value is -1.71. The van der Waals surface area contributed by atoms with Crippen molar-refractivity contribution in [3.63, 3.8) is 0 Å². The molecule has 0 aliphatic rings. The Balaban J connectivity index is 1.66. The van der Waals surface area contributed by atoms with Gasteiger partial charge in [0.05, 0.1) is 138 Å². The van der Waals surface area contributed by atoms with Gasteiger partial charge in [0.2, 0.25) is 0 Å². The summed E-state index contributed by atoms with van der Waals surface area (Å²) in [5.41, 5.74) is 1.16. The number of unbranched alkanes of at least 4 members (excludes halogenated alkanes) is 1. The Morgan fingerprint density at radius 1 is 0.489 bits per heavy atom. The largest absolute Gasteiger partial charge is 0.463 e. The van der Waals surface area contributed by atoms with Crippen molar-refractivity contribution in [2.75, 3.05) is 132 Å². The van der Waals surface area contributed by atoms with Gasteiger partial charge in [0.25, 0.3) is 0 Å². The second kappa shape index (κ2) is 35.6. The molecule has 0 heterocycles. The van der Waals surface area contributed by atoms with E-state index in [4.69, 9.17) is 52.1 Å². The minimum Gasteiger partial charge on any atom is -0.463 e. The molecule has 0 aliphatic heterocycles. The lowest BCUT2D eigenvalue weighted by Gasteiger charge is -2.13. The molecule has 0 aromatic heterocycles. The van der Waals surface area contributed by atoms with Crippen LogP contribution in [0.1, 0.15) is 45.1 Å². The van der Waals surface area contributed by atoms with Crippen LogP contribution >= 0.6 is 0 Å². The van der Waals surface area contributed by atoms with Gasteiger partial charge in [0, 0.05) is 0 Å². The predicted octanol–water partition coefficient (Wildman–Crippen LogP) is 4.11. The highest BCUT2D eigenvalue weighted by atomic mass is 16.6. The molecule has 0 amide bonds. The zero-order valence-electron chi connectivity index (χ0n) is 29.0. The van der Waals surface area contributed by atoms with Crippen LogP contribution in [0, 0.1) is 5.92 Å². The molecule has 0 saturated heterocycles. The van der Waals surface area contributed by atoms with Crippen LogP contribution in [0.5, 0.6) is 0 Å². The molecule has 0 radical (unpaired) electrons. The molecule has 274 valence electrons. The lowest BCUT2D eigenvalue weighted by molar-refractivity contribution is -0.150. The summed E-state index contributed by atoms with van der Waals surface area (Å²) in [6, 6.07) is 10.1. The van der Waals surface area contributed by atoms with Crippen LogP contribution in [0.15, 0.2) is 30.3 Å². The SMILES string of the molecule is CCCCC(CC)C(=O)OCCOCCOCCOCCOCCOCCOCCOCCOCCOCCOCc1ccccc1. The summed E-state index contributed by atoms with van der Waals surface area (Å²) >= 11 is 0. The average molecular weight is 675 g/mol. The Bertz CT molecular complexity index is 770. The summed E-state index contributed by atoms with van der Waals surface area (Å²) in [5, 5.41) is 0. The van der Waals surface area contributed by atoms with Gasteiger partial charge in [-0.1, -0.05) is 57.0 Å². The number of carbonyl (C=O) groups is 1. The summed E-state index contributed by atoms with van der Waals surface area (Å²) in [7, 11) is 0. The Morgan fingerprint density at radius 2 is 0.830 bits per heavy atom. The van der Waals surface area contributed by atoms with Crippen molar-refractivity contribution in [1.29, 1.82) is 0 Å². The number of hydrogen-bond donors (Lipinski definition) is 0. The number of benzene rings is 1. The average Bonchev–Trinajstić information content (AvgIpc) is 3.09. The highest BCUT2D eigenvalue weighted by molar-refractivity contribution is 5.72. The van der Waals surface area contributed by atoms with E-state index in [0.717, 1.165) is 31.2 Å². The molecule has 1 aromatic carbocycles. The Morgan fingerprint density at radius 3 is 1.17 bits per heavy atom. The van der Waals surface area contributed by atoms with Crippen LogP contribution in [0.3, 0.4) is 0 Å². The third kappa shape index (κ3) is 30.1. The van der Waals surface area contributed by atoms with Crippen molar-refractivity contribution in [2.45, 2.75) is 46.1 Å². The van der Waals surface area contributed by atoms with E-state index in [2.05, 4.69) is 6.92 Å². The number of carbonyl (C=O) groups excluding carboxylic acids is 1. The van der Waals surface area contributed by atoms with E-state index >= 15 is 0 Å². The molecule has 1 unspecified atom stereocenters. The number of hydrogen-bond acceptors (Lipinski definition) is 12. The minimum atomic E-state index is -0.119. The zero-order valence-corrected chi connectivity index (χ0v) is 29.0. The van der Waals surface area contributed by atoms with Gasteiger partial charge < -0.3 is 52.1 Å². The maximum absolute atomic E-state index is 12.0. The molecule has 0 fully saturated rings. The fourth-order valence-corrected chi connectivity index (χ4v) is 4.00. The smallest absolute Gasteiger partial charge is 0.308 e. The first-order chi connectivity index (χ1) is 23.3. The van der Waals surface area contributed by atoms with Gasteiger partial charge in [0.1, 0.15) is 6.61 Å². The number of ether oxygens (including phenoxy) is 11. The molecular formula is C35H62O12. The van der Waals surface area contributed by atoms with E-state index < -0.39 is 0 Å². The van der Waals surface area contributed by atoms with Gasteiger partial charge in [-0.3, -0.25) is 4.79 Å². The van der Waals surface area contributed by atoms with Crippen molar-refractivity contribution in [2.24, 2.45) is 5.92 Å². The number of esters is 1. The van der Waals surface area contributed by atoms with Gasteiger partial charge in [-0.15, -0.1) is 0 Å². The lowest BCUT2D eigenvalue weighted by Crippen LogP contribution is -2.20. The number of rotatable bonds is 37. The summed E-state index contributed by atoms with van der Waals surface area (Å²) in [5.74, 6) is -0.122. The van der Waals surface area contributed by atoms with Gasteiger partial charge in [-0.05, 0) is 18.4 Å². The second-order valence-corrected chi connectivity index (χ2v) is 10.5. The lowest BCUT2D eigenvalue weighted by atomic mass is 10.00.